The van der Waals surface area contributed by atoms with Gasteiger partial charge in [-0.2, -0.15) is 15.1 Å². The number of nitrogens with zero attached hydrogens (tertiary/aromatic N) is 4. The van der Waals surface area contributed by atoms with Crippen LogP contribution in [0.4, 0.5) is 23.3 Å². The van der Waals surface area contributed by atoms with Gasteiger partial charge in [-0.1, -0.05) is 60.7 Å². The van der Waals surface area contributed by atoms with Crippen molar-refractivity contribution in [2.75, 3.05) is 36.8 Å². The van der Waals surface area contributed by atoms with Crippen LogP contribution < -0.4 is 20.4 Å². The minimum Gasteiger partial charge on any atom is -0.362 e. The van der Waals surface area contributed by atoms with Crippen molar-refractivity contribution in [1.29, 1.82) is 0 Å². The summed E-state index contributed by atoms with van der Waals surface area (Å²) < 4.78 is 26.4. The van der Waals surface area contributed by atoms with E-state index in [0.29, 0.717) is 17.5 Å². The van der Waals surface area contributed by atoms with E-state index in [2.05, 4.69) is 20.6 Å². The van der Waals surface area contributed by atoms with Crippen LogP contribution in [0.25, 0.3) is 11.1 Å². The smallest absolute Gasteiger partial charge is 0.240 e. The molecule has 0 aliphatic carbocycles. The van der Waals surface area contributed by atoms with Gasteiger partial charge in [0.05, 0.1) is 16.2 Å². The minimum absolute atomic E-state index is 0.189. The van der Waals surface area contributed by atoms with Gasteiger partial charge in [-0.15, -0.1) is 0 Å². The van der Waals surface area contributed by atoms with Gasteiger partial charge in [0.15, 0.2) is 5.82 Å². The Morgan fingerprint density at radius 2 is 1.49 bits per heavy atom. The van der Waals surface area contributed by atoms with Crippen LogP contribution in [0.3, 0.4) is 0 Å². The first-order valence-corrected chi connectivity index (χ1v) is 13.1. The Kier molecular flexibility index (Phi) is 7.80. The van der Waals surface area contributed by atoms with Crippen LogP contribution in [0.1, 0.15) is 12.5 Å². The van der Waals surface area contributed by atoms with Crippen molar-refractivity contribution in [3.05, 3.63) is 90.5 Å². The summed E-state index contributed by atoms with van der Waals surface area (Å²) in [5.41, 5.74) is 7.16. The number of para-hydroxylation sites is 1. The van der Waals surface area contributed by atoms with Crippen LogP contribution in [0.2, 0.25) is 0 Å². The second-order valence-electron chi connectivity index (χ2n) is 8.39. The third-order valence-corrected chi connectivity index (χ3v) is 7.02. The number of hydrazone groups is 1. The van der Waals surface area contributed by atoms with Crippen molar-refractivity contribution in [2.45, 2.75) is 11.8 Å². The maximum atomic E-state index is 12.0. The second-order valence-corrected chi connectivity index (χ2v) is 10.3. The summed E-state index contributed by atoms with van der Waals surface area (Å²) in [6, 6.07) is 26.1. The lowest BCUT2D eigenvalue weighted by Crippen LogP contribution is -2.18. The molecule has 3 N–H and O–H groups in total. The Bertz CT molecular complexity index is 1490. The molecule has 1 aromatic heterocycles. The van der Waals surface area contributed by atoms with Crippen LogP contribution >= 0.6 is 0 Å². The van der Waals surface area contributed by atoms with Crippen molar-refractivity contribution in [2.24, 2.45) is 5.10 Å². The van der Waals surface area contributed by atoms with E-state index >= 15 is 0 Å². The first-order valence-electron chi connectivity index (χ1n) is 11.6. The second kappa shape index (κ2) is 11.2. The van der Waals surface area contributed by atoms with E-state index in [1.54, 1.807) is 24.3 Å². The highest BCUT2D eigenvalue weighted by Gasteiger charge is 2.18. The van der Waals surface area contributed by atoms with Crippen molar-refractivity contribution in [3.8, 4) is 11.1 Å². The molecule has 0 saturated heterocycles. The molecular weight excluding hydrogens is 486 g/mol. The third kappa shape index (κ3) is 6.11. The summed E-state index contributed by atoms with van der Waals surface area (Å²) in [7, 11) is 1.74. The highest BCUT2D eigenvalue weighted by atomic mass is 32.2. The van der Waals surface area contributed by atoms with Gasteiger partial charge < -0.3 is 10.2 Å². The fourth-order valence-corrected chi connectivity index (χ4v) is 4.36. The van der Waals surface area contributed by atoms with Crippen LogP contribution in [0, 0.1) is 0 Å². The zero-order chi connectivity index (χ0) is 26.4. The van der Waals surface area contributed by atoms with E-state index in [1.165, 1.54) is 7.05 Å². The normalized spacial score (nSPS) is 11.7. The summed E-state index contributed by atoms with van der Waals surface area (Å²) >= 11 is 0. The predicted molar refractivity (Wildman–Crippen MR) is 150 cm³/mol. The summed E-state index contributed by atoms with van der Waals surface area (Å²) in [4.78, 5) is 11.7. The summed E-state index contributed by atoms with van der Waals surface area (Å²) in [5.74, 6) is 1.67. The lowest BCUT2D eigenvalue weighted by atomic mass is 10.1. The summed E-state index contributed by atoms with van der Waals surface area (Å²) in [5, 5.41) is 7.84. The van der Waals surface area contributed by atoms with Gasteiger partial charge in [0.25, 0.3) is 0 Å². The number of hydrogen-bond donors (Lipinski definition) is 3. The Labute approximate surface area is 217 Å². The maximum Gasteiger partial charge on any atom is 0.240 e. The lowest BCUT2D eigenvalue weighted by Gasteiger charge is -2.20. The Morgan fingerprint density at radius 1 is 0.865 bits per heavy atom. The number of anilines is 4. The van der Waals surface area contributed by atoms with E-state index in [4.69, 9.17) is 9.97 Å². The Hall–Kier alpha value is -4.28. The predicted octanol–water partition coefficient (Wildman–Crippen LogP) is 4.70. The van der Waals surface area contributed by atoms with Crippen LogP contribution in [0.15, 0.2) is 94.9 Å². The minimum atomic E-state index is -3.51. The first kappa shape index (κ1) is 25.8. The van der Waals surface area contributed by atoms with Crippen LogP contribution in [0.5, 0.6) is 0 Å². The van der Waals surface area contributed by atoms with Gasteiger partial charge in [0, 0.05) is 19.8 Å². The van der Waals surface area contributed by atoms with Gasteiger partial charge >= 0.3 is 0 Å². The molecule has 0 amide bonds. The molecular formula is C27H29N7O2S. The highest BCUT2D eigenvalue weighted by Crippen LogP contribution is 2.36. The van der Waals surface area contributed by atoms with E-state index in [0.717, 1.165) is 28.2 Å². The van der Waals surface area contributed by atoms with Crippen molar-refractivity contribution < 1.29 is 8.42 Å². The molecule has 0 spiro atoms. The van der Waals surface area contributed by atoms with Crippen molar-refractivity contribution in [1.82, 2.24) is 14.7 Å². The number of benzene rings is 3. The third-order valence-electron chi connectivity index (χ3n) is 5.59. The molecule has 0 unspecified atom stereocenters. The molecule has 0 aliphatic heterocycles. The Balaban J connectivity index is 1.74. The maximum absolute atomic E-state index is 12.0. The van der Waals surface area contributed by atoms with Gasteiger partial charge in [-0.05, 0) is 49.4 Å². The number of nitrogens with one attached hydrogen (secondary N) is 3. The van der Waals surface area contributed by atoms with E-state index in [1.807, 2.05) is 86.6 Å². The average molecular weight is 516 g/mol. The van der Waals surface area contributed by atoms with Crippen molar-refractivity contribution >= 4 is 39.0 Å². The number of aromatic nitrogens is 2. The standard InChI is InChI=1S/C27H29N7O2S/c1-19(20-15-17-23(18-16-20)37(35,36)28-2)32-33-25-24(21-11-7-5-8-12-21)26(34(3)4)31-27(30-25)29-22-13-9-6-10-14-22/h5-18,28H,1-4H3,(H2,29,30,31,33). The molecule has 3 aromatic carbocycles. The molecule has 0 atom stereocenters. The molecule has 37 heavy (non-hydrogen) atoms. The van der Waals surface area contributed by atoms with E-state index in [-0.39, 0.29) is 4.90 Å². The van der Waals surface area contributed by atoms with Crippen LogP contribution in [-0.2, 0) is 10.0 Å². The molecule has 4 aromatic rings. The van der Waals surface area contributed by atoms with Crippen LogP contribution in [-0.4, -0.2) is 45.2 Å². The molecule has 1 heterocycles. The lowest BCUT2D eigenvalue weighted by molar-refractivity contribution is 0.588. The molecule has 0 aliphatic rings. The largest absolute Gasteiger partial charge is 0.362 e. The fraction of sp³-hybridized carbons (Fsp3) is 0.148. The van der Waals surface area contributed by atoms with Crippen molar-refractivity contribution in [3.63, 3.8) is 0 Å². The number of rotatable bonds is 9. The molecule has 0 radical (unpaired) electrons. The average Bonchev–Trinajstić information content (AvgIpc) is 2.92. The summed E-state index contributed by atoms with van der Waals surface area (Å²) in [6.07, 6.45) is 0. The first-order chi connectivity index (χ1) is 17.8. The van der Waals surface area contributed by atoms with E-state index < -0.39 is 10.0 Å². The van der Waals surface area contributed by atoms with Gasteiger partial charge in [0.1, 0.15) is 5.82 Å². The molecule has 0 bridgehead atoms. The molecule has 0 saturated carbocycles. The zero-order valence-electron chi connectivity index (χ0n) is 21.1. The van der Waals surface area contributed by atoms with Gasteiger partial charge in [0.2, 0.25) is 16.0 Å². The van der Waals surface area contributed by atoms with Gasteiger partial charge in [-0.3, -0.25) is 5.43 Å². The molecule has 0 fully saturated rings. The number of hydrogen-bond acceptors (Lipinski definition) is 8. The number of sulfonamides is 1. The SMILES string of the molecule is CNS(=O)(=O)c1ccc(C(C)=NNc2nc(Nc3ccccc3)nc(N(C)C)c2-c2ccccc2)cc1. The molecule has 190 valence electrons. The summed E-state index contributed by atoms with van der Waals surface area (Å²) in [6.45, 7) is 1.84. The van der Waals surface area contributed by atoms with Gasteiger partial charge in [-0.25, -0.2) is 13.1 Å². The Morgan fingerprint density at radius 3 is 2.08 bits per heavy atom. The monoisotopic (exact) mass is 515 g/mol. The van der Waals surface area contributed by atoms with E-state index in [9.17, 15) is 8.42 Å². The quantitative estimate of drug-likeness (QED) is 0.219. The topological polar surface area (TPSA) is 112 Å². The fourth-order valence-electron chi connectivity index (χ4n) is 3.63. The molecule has 9 nitrogen and oxygen atoms in total. The molecule has 10 heteroatoms. The highest BCUT2D eigenvalue weighted by molar-refractivity contribution is 7.89. The molecule has 4 rings (SSSR count). The zero-order valence-corrected chi connectivity index (χ0v) is 21.9.